The van der Waals surface area contributed by atoms with Gasteiger partial charge in [-0.15, -0.1) is 0 Å². The molecule has 0 spiro atoms. The highest BCUT2D eigenvalue weighted by Crippen LogP contribution is 2.32. The van der Waals surface area contributed by atoms with Gasteiger partial charge < -0.3 is 26.2 Å². The molecule has 0 saturated carbocycles. The maximum atomic E-state index is 13.5. The van der Waals surface area contributed by atoms with Crippen molar-refractivity contribution in [3.05, 3.63) is 65.2 Å². The van der Waals surface area contributed by atoms with E-state index in [1.165, 1.54) is 6.07 Å². The van der Waals surface area contributed by atoms with Gasteiger partial charge in [-0.25, -0.2) is 4.79 Å². The fourth-order valence-electron chi connectivity index (χ4n) is 3.47. The highest BCUT2D eigenvalue weighted by Gasteiger charge is 2.37. The summed E-state index contributed by atoms with van der Waals surface area (Å²) in [5, 5.41) is 15.8. The lowest BCUT2D eigenvalue weighted by Gasteiger charge is -2.30. The summed E-state index contributed by atoms with van der Waals surface area (Å²) in [5.41, 5.74) is 5.72. The molecular weight excluding hydrogens is 476 g/mol. The molecule has 2 aromatic carbocycles. The molecule has 0 fully saturated rings. The van der Waals surface area contributed by atoms with E-state index in [-0.39, 0.29) is 17.9 Å². The second-order valence-corrected chi connectivity index (χ2v) is 9.33. The number of hydrogen-bond acceptors (Lipinski definition) is 6. The number of amides is 4. The third-order valence-corrected chi connectivity index (χ3v) is 5.15. The molecule has 5 N–H and O–H groups in total. The van der Waals surface area contributed by atoms with Gasteiger partial charge in [-0.3, -0.25) is 19.3 Å². The number of phenols is 1. The average Bonchev–Trinajstić information content (AvgIpc) is 2.81. The lowest BCUT2D eigenvalue weighted by atomic mass is 9.99. The number of carbonyl (C=O) groups is 4. The van der Waals surface area contributed by atoms with E-state index in [1.807, 2.05) is 6.07 Å². The van der Waals surface area contributed by atoms with Crippen molar-refractivity contribution >= 4 is 23.8 Å². The van der Waals surface area contributed by atoms with Gasteiger partial charge in [0.05, 0.1) is 6.42 Å². The van der Waals surface area contributed by atoms with Crippen molar-refractivity contribution in [3.63, 3.8) is 0 Å². The highest BCUT2D eigenvalue weighted by molar-refractivity contribution is 5.95. The Hall–Kier alpha value is -4.52. The van der Waals surface area contributed by atoms with Gasteiger partial charge in [0.1, 0.15) is 17.4 Å². The third-order valence-electron chi connectivity index (χ3n) is 5.15. The minimum absolute atomic E-state index is 0.0620. The standard InChI is InChI=1S/C27H32N4O6/c1-6-31(25(35)20(15-21(28)32)30-26(36)37-27(3,4)5)22(19-14-10-11-17(2)23(19)33)24(34)29-16-18-12-8-7-9-13-18/h1,7-14,20,22,33H,15-16H2,2-5H3,(H2,28,32)(H,29,34)(H,30,36). The fraction of sp³-hybridized carbons (Fsp3) is 0.333. The molecule has 10 nitrogen and oxygen atoms in total. The van der Waals surface area contributed by atoms with Crippen molar-refractivity contribution in [2.24, 2.45) is 5.73 Å². The Bertz CT molecular complexity index is 1180. The van der Waals surface area contributed by atoms with Gasteiger partial charge in [-0.2, -0.15) is 0 Å². The number of primary amides is 1. The highest BCUT2D eigenvalue weighted by atomic mass is 16.6. The predicted molar refractivity (Wildman–Crippen MR) is 137 cm³/mol. The molecule has 0 aromatic heterocycles. The minimum Gasteiger partial charge on any atom is -0.507 e. The quantitative estimate of drug-likeness (QED) is 0.301. The number of aryl methyl sites for hydroxylation is 1. The monoisotopic (exact) mass is 508 g/mol. The first-order chi connectivity index (χ1) is 17.3. The summed E-state index contributed by atoms with van der Waals surface area (Å²) < 4.78 is 5.18. The van der Waals surface area contributed by atoms with Crippen molar-refractivity contribution in [2.45, 2.75) is 58.3 Å². The van der Waals surface area contributed by atoms with Crippen molar-refractivity contribution in [1.82, 2.24) is 15.5 Å². The zero-order chi connectivity index (χ0) is 27.8. The molecule has 0 radical (unpaired) electrons. The lowest BCUT2D eigenvalue weighted by Crippen LogP contribution is -2.52. The first-order valence-corrected chi connectivity index (χ1v) is 11.5. The number of alkyl carbamates (subject to hydrolysis) is 1. The van der Waals surface area contributed by atoms with E-state index in [1.54, 1.807) is 64.1 Å². The van der Waals surface area contributed by atoms with Crippen LogP contribution in [0.15, 0.2) is 48.5 Å². The molecule has 2 rings (SSSR count). The average molecular weight is 509 g/mol. The summed E-state index contributed by atoms with van der Waals surface area (Å²) in [6, 6.07) is 12.9. The first-order valence-electron chi connectivity index (χ1n) is 11.5. The SMILES string of the molecule is C#CN(C(=O)C(CC(N)=O)NC(=O)OC(C)(C)C)C(C(=O)NCc1ccccc1)c1cccc(C)c1O. The molecule has 0 heterocycles. The van der Waals surface area contributed by atoms with Gasteiger partial charge >= 0.3 is 6.09 Å². The second-order valence-electron chi connectivity index (χ2n) is 9.33. The van der Waals surface area contributed by atoms with Crippen molar-refractivity contribution < 1.29 is 29.0 Å². The first kappa shape index (κ1) is 28.7. The summed E-state index contributed by atoms with van der Waals surface area (Å²) in [7, 11) is 0. The zero-order valence-corrected chi connectivity index (χ0v) is 21.3. The van der Waals surface area contributed by atoms with Gasteiger partial charge in [-0.1, -0.05) is 55.0 Å². The summed E-state index contributed by atoms with van der Waals surface area (Å²) >= 11 is 0. The van der Waals surface area contributed by atoms with Crippen molar-refractivity contribution in [3.8, 4) is 18.2 Å². The molecule has 2 unspecified atom stereocenters. The van der Waals surface area contributed by atoms with Crippen molar-refractivity contribution in [1.29, 1.82) is 0 Å². The topological polar surface area (TPSA) is 151 Å². The van der Waals surface area contributed by atoms with Gasteiger partial charge in [0.15, 0.2) is 6.04 Å². The van der Waals surface area contributed by atoms with E-state index in [9.17, 15) is 24.3 Å². The Kier molecular flexibility index (Phi) is 9.66. The largest absolute Gasteiger partial charge is 0.507 e. The minimum atomic E-state index is -1.53. The Morgan fingerprint density at radius 3 is 2.32 bits per heavy atom. The van der Waals surface area contributed by atoms with Crippen LogP contribution in [0.4, 0.5) is 4.79 Å². The van der Waals surface area contributed by atoms with Crippen molar-refractivity contribution in [2.75, 3.05) is 0 Å². The van der Waals surface area contributed by atoms with Crippen LogP contribution in [0.3, 0.4) is 0 Å². The van der Waals surface area contributed by atoms with E-state index in [2.05, 4.69) is 16.7 Å². The van der Waals surface area contributed by atoms with Crippen LogP contribution in [-0.2, 0) is 25.7 Å². The van der Waals surface area contributed by atoms with Crippen LogP contribution in [0.25, 0.3) is 0 Å². The van der Waals surface area contributed by atoms with E-state index < -0.39 is 47.9 Å². The Balaban J connectivity index is 2.46. The van der Waals surface area contributed by atoms with Crippen LogP contribution in [0, 0.1) is 19.4 Å². The summed E-state index contributed by atoms with van der Waals surface area (Å²) in [4.78, 5) is 51.8. The van der Waals surface area contributed by atoms with Crippen LogP contribution in [0.1, 0.15) is 49.9 Å². The number of carbonyl (C=O) groups excluding carboxylic acids is 4. The molecule has 4 amide bonds. The Labute approximate surface area is 216 Å². The molecule has 0 aliphatic carbocycles. The van der Waals surface area contributed by atoms with Gasteiger partial charge in [0.25, 0.3) is 5.91 Å². The number of nitrogens with two attached hydrogens (primary N) is 1. The number of rotatable bonds is 9. The Morgan fingerprint density at radius 2 is 1.76 bits per heavy atom. The fourth-order valence-corrected chi connectivity index (χ4v) is 3.47. The third kappa shape index (κ3) is 8.28. The molecular formula is C27H32N4O6. The van der Waals surface area contributed by atoms with Gasteiger partial charge in [-0.05, 0) is 38.8 Å². The molecule has 2 atom stereocenters. The number of nitrogens with one attached hydrogen (secondary N) is 2. The van der Waals surface area contributed by atoms with E-state index in [0.717, 1.165) is 10.5 Å². The van der Waals surface area contributed by atoms with Crippen LogP contribution in [0.2, 0.25) is 0 Å². The molecule has 10 heteroatoms. The molecule has 37 heavy (non-hydrogen) atoms. The number of benzene rings is 2. The maximum Gasteiger partial charge on any atom is 0.408 e. The molecule has 0 saturated heterocycles. The molecule has 0 bridgehead atoms. The summed E-state index contributed by atoms with van der Waals surface area (Å²) in [6.07, 6.45) is 4.10. The second kappa shape index (κ2) is 12.4. The van der Waals surface area contributed by atoms with Crippen LogP contribution >= 0.6 is 0 Å². The van der Waals surface area contributed by atoms with E-state index >= 15 is 0 Å². The predicted octanol–water partition coefficient (Wildman–Crippen LogP) is 2.25. The van der Waals surface area contributed by atoms with Gasteiger partial charge in [0.2, 0.25) is 11.8 Å². The molecule has 0 aliphatic rings. The number of nitrogens with zero attached hydrogens (tertiary/aromatic N) is 1. The Morgan fingerprint density at radius 1 is 1.11 bits per heavy atom. The van der Waals surface area contributed by atoms with Crippen LogP contribution in [0.5, 0.6) is 5.75 Å². The maximum absolute atomic E-state index is 13.5. The number of terminal acetylenes is 1. The molecule has 2 aromatic rings. The van der Waals surface area contributed by atoms with E-state index in [0.29, 0.717) is 5.56 Å². The van der Waals surface area contributed by atoms with Crippen LogP contribution < -0.4 is 16.4 Å². The smallest absolute Gasteiger partial charge is 0.408 e. The molecule has 0 aliphatic heterocycles. The number of phenolic OH excluding ortho intramolecular Hbond substituents is 1. The number of ether oxygens (including phenoxy) is 1. The summed E-state index contributed by atoms with van der Waals surface area (Å²) in [6.45, 7) is 6.62. The lowest BCUT2D eigenvalue weighted by molar-refractivity contribution is -0.139. The van der Waals surface area contributed by atoms with Crippen LogP contribution in [-0.4, -0.2) is 45.5 Å². The zero-order valence-electron chi connectivity index (χ0n) is 21.3. The number of aromatic hydroxyl groups is 1. The number of hydrogen-bond donors (Lipinski definition) is 4. The van der Waals surface area contributed by atoms with Gasteiger partial charge in [0, 0.05) is 18.2 Å². The number of para-hydroxylation sites is 1. The normalized spacial score (nSPS) is 12.4. The summed E-state index contributed by atoms with van der Waals surface area (Å²) in [5.74, 6) is -2.78. The molecule has 196 valence electrons. The van der Waals surface area contributed by atoms with E-state index in [4.69, 9.17) is 16.9 Å².